The second-order valence-electron chi connectivity index (χ2n) is 4.49. The summed E-state index contributed by atoms with van der Waals surface area (Å²) in [6, 6.07) is 0. The summed E-state index contributed by atoms with van der Waals surface area (Å²) < 4.78 is 26.0. The maximum absolute atomic E-state index is 13.0. The lowest BCUT2D eigenvalue weighted by Gasteiger charge is -2.46. The van der Waals surface area contributed by atoms with Crippen LogP contribution in [-0.2, 0) is 4.79 Å². The highest BCUT2D eigenvalue weighted by Crippen LogP contribution is 2.30. The molecule has 6 heteroatoms. The summed E-state index contributed by atoms with van der Waals surface area (Å²) in [5, 5.41) is 0. The Morgan fingerprint density at radius 3 is 2.43 bits per heavy atom. The maximum Gasteiger partial charge on any atom is 0.338 e. The van der Waals surface area contributed by atoms with Gasteiger partial charge in [0, 0.05) is 13.1 Å². The van der Waals surface area contributed by atoms with Gasteiger partial charge in [0.1, 0.15) is 0 Å². The van der Waals surface area contributed by atoms with Crippen molar-refractivity contribution in [1.29, 1.82) is 0 Å². The summed E-state index contributed by atoms with van der Waals surface area (Å²) in [6.45, 7) is 4.59. The quantitative estimate of drug-likeness (QED) is 0.387. The highest BCUT2D eigenvalue weighted by molar-refractivity contribution is 5.83. The largest absolute Gasteiger partial charge is 0.338 e. The highest BCUT2D eigenvalue weighted by atomic mass is 19.3. The number of amides is 1. The van der Waals surface area contributed by atoms with Gasteiger partial charge in [0.15, 0.2) is 0 Å². The molecule has 0 unspecified atom stereocenters. The van der Waals surface area contributed by atoms with Crippen molar-refractivity contribution in [2.45, 2.75) is 19.8 Å². The Morgan fingerprint density at radius 2 is 2.07 bits per heavy atom. The molecule has 0 radical (unpaired) electrons. The van der Waals surface area contributed by atoms with Gasteiger partial charge >= 0.3 is 11.8 Å². The van der Waals surface area contributed by atoms with E-state index in [-0.39, 0.29) is 5.41 Å². The molecule has 0 aromatic carbocycles. The summed E-state index contributed by atoms with van der Waals surface area (Å²) in [5.74, 6) is -0.178. The minimum Gasteiger partial charge on any atom is -0.296 e. The van der Waals surface area contributed by atoms with E-state index in [1.165, 1.54) is 10.3 Å². The number of nitrogens with zero attached hydrogens (tertiary/aromatic N) is 1. The third-order valence-electron chi connectivity index (χ3n) is 2.19. The van der Waals surface area contributed by atoms with Gasteiger partial charge in [-0.2, -0.15) is 8.78 Å². The van der Waals surface area contributed by atoms with Crippen LogP contribution in [0.15, 0.2) is 0 Å². The summed E-state index contributed by atoms with van der Waals surface area (Å²) in [5.41, 5.74) is 1.54. The van der Waals surface area contributed by atoms with E-state index >= 15 is 0 Å². The van der Waals surface area contributed by atoms with Gasteiger partial charge in [0.05, 0.1) is 6.54 Å². The van der Waals surface area contributed by atoms with Gasteiger partial charge in [-0.1, -0.05) is 13.8 Å². The minimum absolute atomic E-state index is 0.0786. The van der Waals surface area contributed by atoms with Crippen molar-refractivity contribution in [3.63, 3.8) is 0 Å². The van der Waals surface area contributed by atoms with Crippen LogP contribution >= 0.6 is 0 Å². The highest BCUT2D eigenvalue weighted by Gasteiger charge is 2.45. The van der Waals surface area contributed by atoms with Crippen molar-refractivity contribution in [3.05, 3.63) is 0 Å². The third kappa shape index (κ3) is 2.39. The van der Waals surface area contributed by atoms with Gasteiger partial charge < -0.3 is 0 Å². The van der Waals surface area contributed by atoms with Crippen LogP contribution in [0.3, 0.4) is 0 Å². The lowest BCUT2D eigenvalue weighted by Crippen LogP contribution is -2.59. The fourth-order valence-corrected chi connectivity index (χ4v) is 1.73. The molecule has 0 spiro atoms. The topological polar surface area (TPSA) is 58.4 Å². The molecule has 4 nitrogen and oxygen atoms in total. The van der Waals surface area contributed by atoms with E-state index in [4.69, 9.17) is 0 Å². The number of nitrogens with one attached hydrogen (secondary N) is 1. The molecular weight excluding hydrogens is 192 g/mol. The first-order valence-electron chi connectivity index (χ1n) is 4.38. The summed E-state index contributed by atoms with van der Waals surface area (Å²) in [4.78, 5) is 12.2. The molecule has 0 aromatic rings. The third-order valence-corrected chi connectivity index (χ3v) is 2.19. The van der Waals surface area contributed by atoms with Gasteiger partial charge in [-0.3, -0.25) is 15.1 Å². The zero-order chi connectivity index (χ0) is 11.0. The molecule has 1 aliphatic rings. The number of rotatable bonds is 3. The molecule has 0 saturated carbocycles. The van der Waals surface area contributed by atoms with Crippen LogP contribution in [0.25, 0.3) is 0 Å². The predicted molar refractivity (Wildman–Crippen MR) is 47.5 cm³/mol. The van der Waals surface area contributed by atoms with E-state index in [9.17, 15) is 13.6 Å². The summed E-state index contributed by atoms with van der Waals surface area (Å²) in [7, 11) is 0. The molecule has 0 atom stereocenters. The van der Waals surface area contributed by atoms with Gasteiger partial charge in [0.2, 0.25) is 0 Å². The van der Waals surface area contributed by atoms with E-state index < -0.39 is 18.4 Å². The zero-order valence-corrected chi connectivity index (χ0v) is 8.31. The molecule has 3 N–H and O–H groups in total. The number of likely N-dealkylation sites (tertiary alicyclic amines) is 1. The summed E-state index contributed by atoms with van der Waals surface area (Å²) >= 11 is 0. The lowest BCUT2D eigenvalue weighted by atomic mass is 9.84. The Bertz CT molecular complexity index is 235. The molecule has 14 heavy (non-hydrogen) atoms. The molecule has 1 heterocycles. The second-order valence-corrected chi connectivity index (χ2v) is 4.49. The Kier molecular flexibility index (Phi) is 2.78. The number of carbonyl (C=O) groups is 1. The summed E-state index contributed by atoms with van der Waals surface area (Å²) in [6.07, 6.45) is 0. The van der Waals surface area contributed by atoms with Gasteiger partial charge in [-0.25, -0.2) is 5.84 Å². The van der Waals surface area contributed by atoms with E-state index in [0.29, 0.717) is 13.1 Å². The molecule has 0 bridgehead atoms. The SMILES string of the molecule is CC1(C)CN(CC(F)(F)C(=O)NN)C1. The van der Waals surface area contributed by atoms with Gasteiger partial charge in [-0.05, 0) is 5.41 Å². The molecule has 82 valence electrons. The van der Waals surface area contributed by atoms with E-state index in [2.05, 4.69) is 5.84 Å². The van der Waals surface area contributed by atoms with Crippen LogP contribution in [0.5, 0.6) is 0 Å². The Balaban J connectivity index is 2.42. The average molecular weight is 207 g/mol. The zero-order valence-electron chi connectivity index (χ0n) is 8.31. The first-order chi connectivity index (χ1) is 6.27. The van der Waals surface area contributed by atoms with E-state index in [1.54, 1.807) is 0 Å². The first-order valence-corrected chi connectivity index (χ1v) is 4.38. The number of hydrazine groups is 1. The molecular formula is C8H15F2N3O. The normalized spacial score (nSPS) is 21.5. The van der Waals surface area contributed by atoms with Crippen molar-refractivity contribution in [2.24, 2.45) is 11.3 Å². The van der Waals surface area contributed by atoms with Crippen LogP contribution in [0.4, 0.5) is 8.78 Å². The average Bonchev–Trinajstić information content (AvgIpc) is 1.98. The molecule has 0 aliphatic carbocycles. The monoisotopic (exact) mass is 207 g/mol. The Morgan fingerprint density at radius 1 is 1.57 bits per heavy atom. The standard InChI is InChI=1S/C8H15F2N3O/c1-7(2)3-13(4-7)5-8(9,10)6(14)12-11/h3-5,11H2,1-2H3,(H,12,14). The number of halogens is 2. The van der Waals surface area contributed by atoms with Gasteiger partial charge in [-0.15, -0.1) is 0 Å². The van der Waals surface area contributed by atoms with E-state index in [1.807, 2.05) is 13.8 Å². The Labute approximate surface area is 81.4 Å². The number of carbonyl (C=O) groups excluding carboxylic acids is 1. The predicted octanol–water partition coefficient (Wildman–Crippen LogP) is -0.0466. The van der Waals surface area contributed by atoms with Crippen LogP contribution in [0, 0.1) is 5.41 Å². The number of hydrogen-bond acceptors (Lipinski definition) is 3. The fourth-order valence-electron chi connectivity index (χ4n) is 1.73. The van der Waals surface area contributed by atoms with Crippen molar-refractivity contribution in [2.75, 3.05) is 19.6 Å². The number of hydrogen-bond donors (Lipinski definition) is 2. The molecule has 1 amide bonds. The van der Waals surface area contributed by atoms with E-state index in [0.717, 1.165) is 0 Å². The number of nitrogens with two attached hydrogens (primary N) is 1. The van der Waals surface area contributed by atoms with Crippen LogP contribution in [-0.4, -0.2) is 36.4 Å². The van der Waals surface area contributed by atoms with Crippen LogP contribution in [0.2, 0.25) is 0 Å². The Hall–Kier alpha value is -0.750. The number of alkyl halides is 2. The van der Waals surface area contributed by atoms with Crippen LogP contribution in [0.1, 0.15) is 13.8 Å². The van der Waals surface area contributed by atoms with Crippen molar-refractivity contribution >= 4 is 5.91 Å². The fraction of sp³-hybridized carbons (Fsp3) is 0.875. The lowest BCUT2D eigenvalue weighted by molar-refractivity contribution is -0.153. The van der Waals surface area contributed by atoms with Gasteiger partial charge in [0.25, 0.3) is 0 Å². The van der Waals surface area contributed by atoms with Crippen molar-refractivity contribution in [3.8, 4) is 0 Å². The second kappa shape index (κ2) is 3.43. The van der Waals surface area contributed by atoms with Crippen molar-refractivity contribution in [1.82, 2.24) is 10.3 Å². The van der Waals surface area contributed by atoms with Crippen molar-refractivity contribution < 1.29 is 13.6 Å². The van der Waals surface area contributed by atoms with Crippen LogP contribution < -0.4 is 11.3 Å². The smallest absolute Gasteiger partial charge is 0.296 e. The molecule has 0 aromatic heterocycles. The molecule has 1 fully saturated rings. The molecule has 1 rings (SSSR count). The molecule has 1 saturated heterocycles. The molecule has 1 aliphatic heterocycles. The maximum atomic E-state index is 13.0. The first kappa shape index (κ1) is 11.3. The minimum atomic E-state index is -3.40.